The molecule has 1 aliphatic carbocycles. The molecule has 31 heavy (non-hydrogen) atoms. The number of nitrogens with zero attached hydrogens (tertiary/aromatic N) is 3. The lowest BCUT2D eigenvalue weighted by Crippen LogP contribution is -2.55. The van der Waals surface area contributed by atoms with E-state index in [4.69, 9.17) is 11.6 Å². The number of aliphatic hydroxyl groups is 1. The van der Waals surface area contributed by atoms with Crippen LogP contribution in [0.1, 0.15) is 47.2 Å². The fourth-order valence-corrected chi connectivity index (χ4v) is 5.17. The fourth-order valence-electron chi connectivity index (χ4n) is 5.05. The molecule has 0 saturated heterocycles. The number of carbonyl (C=O) groups is 1. The van der Waals surface area contributed by atoms with Crippen molar-refractivity contribution in [1.82, 2.24) is 9.88 Å². The highest BCUT2D eigenvalue weighted by molar-refractivity contribution is 6.30. The van der Waals surface area contributed by atoms with E-state index in [0.29, 0.717) is 23.7 Å². The smallest absolute Gasteiger partial charge is 0.257 e. The number of rotatable bonds is 3. The number of aliphatic hydroxyl groups excluding tert-OH is 1. The molecule has 6 heteroatoms. The summed E-state index contributed by atoms with van der Waals surface area (Å²) >= 11 is 6.06. The van der Waals surface area contributed by atoms with E-state index in [1.54, 1.807) is 6.20 Å². The topological polar surface area (TPSA) is 56.7 Å². The van der Waals surface area contributed by atoms with Gasteiger partial charge in [0.1, 0.15) is 0 Å². The Bertz CT molecular complexity index is 1130. The van der Waals surface area contributed by atoms with Crippen LogP contribution in [-0.4, -0.2) is 46.8 Å². The van der Waals surface area contributed by atoms with Crippen molar-refractivity contribution in [3.05, 3.63) is 70.4 Å². The van der Waals surface area contributed by atoms with Crippen molar-refractivity contribution >= 4 is 34.1 Å². The molecule has 0 bridgehead atoms. The molecule has 5 rings (SSSR count). The number of hydrogen-bond donors (Lipinski definition) is 1. The third kappa shape index (κ3) is 3.66. The van der Waals surface area contributed by atoms with Gasteiger partial charge in [-0.2, -0.15) is 0 Å². The number of fused-ring (bicyclic) bond motifs is 3. The first-order chi connectivity index (χ1) is 15.0. The quantitative estimate of drug-likeness (QED) is 0.651. The van der Waals surface area contributed by atoms with Gasteiger partial charge < -0.3 is 14.9 Å². The fraction of sp³-hybridized carbons (Fsp3) is 0.360. The summed E-state index contributed by atoms with van der Waals surface area (Å²) in [6, 6.07) is 13.7. The summed E-state index contributed by atoms with van der Waals surface area (Å²) in [4.78, 5) is 22.3. The molecule has 5 nitrogen and oxygen atoms in total. The molecule has 2 aliphatic rings. The minimum atomic E-state index is -0.459. The van der Waals surface area contributed by atoms with Crippen LogP contribution in [-0.2, 0) is 6.42 Å². The Morgan fingerprint density at radius 2 is 1.94 bits per heavy atom. The number of aromatic nitrogens is 1. The zero-order valence-corrected chi connectivity index (χ0v) is 18.3. The summed E-state index contributed by atoms with van der Waals surface area (Å²) in [6.45, 7) is 0.468. The number of pyridine rings is 1. The minimum Gasteiger partial charge on any atom is -0.391 e. The summed E-state index contributed by atoms with van der Waals surface area (Å²) in [5.74, 6) is -0.0102. The molecule has 1 aliphatic heterocycles. The van der Waals surface area contributed by atoms with Crippen LogP contribution in [0.25, 0.3) is 10.9 Å². The molecule has 1 saturated carbocycles. The van der Waals surface area contributed by atoms with E-state index in [2.05, 4.69) is 16.0 Å². The summed E-state index contributed by atoms with van der Waals surface area (Å²) in [7, 11) is 2.00. The molecule has 2 heterocycles. The summed E-state index contributed by atoms with van der Waals surface area (Å²) in [5, 5.41) is 12.3. The third-order valence-electron chi connectivity index (χ3n) is 6.59. The van der Waals surface area contributed by atoms with Crippen molar-refractivity contribution in [1.29, 1.82) is 0 Å². The van der Waals surface area contributed by atoms with E-state index >= 15 is 0 Å². The van der Waals surface area contributed by atoms with E-state index in [-0.39, 0.29) is 11.9 Å². The van der Waals surface area contributed by atoms with Gasteiger partial charge in [0.15, 0.2) is 0 Å². The first-order valence-electron chi connectivity index (χ1n) is 10.9. The Balaban J connectivity index is 1.61. The predicted molar refractivity (Wildman–Crippen MR) is 124 cm³/mol. The second-order valence-electron chi connectivity index (χ2n) is 8.67. The van der Waals surface area contributed by atoms with Crippen LogP contribution in [0.5, 0.6) is 0 Å². The number of benzene rings is 2. The average Bonchev–Trinajstić information content (AvgIpc) is 2.78. The van der Waals surface area contributed by atoms with Crippen LogP contribution in [0.3, 0.4) is 0 Å². The van der Waals surface area contributed by atoms with E-state index in [1.165, 1.54) is 0 Å². The van der Waals surface area contributed by atoms with Gasteiger partial charge in [0, 0.05) is 23.7 Å². The van der Waals surface area contributed by atoms with Crippen molar-refractivity contribution in [2.45, 2.75) is 44.2 Å². The largest absolute Gasteiger partial charge is 0.391 e. The SMILES string of the molecule is CN1CN([C@H]2CCCC[C@@H]2O)C(=O)c2cc(Cc3ccc(Cl)cc3)c3cccnc3c21. The van der Waals surface area contributed by atoms with Crippen molar-refractivity contribution in [3.63, 3.8) is 0 Å². The van der Waals surface area contributed by atoms with Gasteiger partial charge in [-0.05, 0) is 54.7 Å². The Labute approximate surface area is 187 Å². The van der Waals surface area contributed by atoms with Crippen molar-refractivity contribution in [2.75, 3.05) is 18.6 Å². The van der Waals surface area contributed by atoms with Crippen LogP contribution >= 0.6 is 11.6 Å². The zero-order chi connectivity index (χ0) is 21.5. The molecular formula is C25H26ClN3O2. The Morgan fingerprint density at radius 3 is 2.71 bits per heavy atom. The molecule has 1 amide bonds. The highest BCUT2D eigenvalue weighted by Gasteiger charge is 2.38. The van der Waals surface area contributed by atoms with Gasteiger partial charge >= 0.3 is 0 Å². The summed E-state index contributed by atoms with van der Waals surface area (Å²) in [6.07, 6.45) is 5.68. The molecule has 2 aromatic carbocycles. The highest BCUT2D eigenvalue weighted by Crippen LogP contribution is 2.38. The zero-order valence-electron chi connectivity index (χ0n) is 17.6. The van der Waals surface area contributed by atoms with Crippen LogP contribution in [0.2, 0.25) is 5.02 Å². The number of hydrogen-bond acceptors (Lipinski definition) is 4. The number of halogens is 1. The van der Waals surface area contributed by atoms with E-state index < -0.39 is 6.10 Å². The average molecular weight is 436 g/mol. The second-order valence-corrected chi connectivity index (χ2v) is 9.10. The Morgan fingerprint density at radius 1 is 1.16 bits per heavy atom. The maximum Gasteiger partial charge on any atom is 0.257 e. The van der Waals surface area contributed by atoms with Gasteiger partial charge in [-0.1, -0.05) is 42.6 Å². The van der Waals surface area contributed by atoms with Gasteiger partial charge in [0.25, 0.3) is 5.91 Å². The van der Waals surface area contributed by atoms with Gasteiger partial charge in [0.2, 0.25) is 0 Å². The lowest BCUT2D eigenvalue weighted by molar-refractivity contribution is 0.0167. The summed E-state index contributed by atoms with van der Waals surface area (Å²) in [5.41, 5.74) is 4.59. The van der Waals surface area contributed by atoms with Crippen LogP contribution in [0, 0.1) is 0 Å². The normalized spacial score (nSPS) is 21.5. The number of anilines is 1. The predicted octanol–water partition coefficient (Wildman–Crippen LogP) is 4.63. The third-order valence-corrected chi connectivity index (χ3v) is 6.84. The summed E-state index contributed by atoms with van der Waals surface area (Å²) < 4.78 is 0. The first-order valence-corrected chi connectivity index (χ1v) is 11.3. The van der Waals surface area contributed by atoms with Crippen molar-refractivity contribution in [3.8, 4) is 0 Å². The number of amides is 1. The second kappa shape index (κ2) is 8.13. The first kappa shape index (κ1) is 20.3. The molecule has 1 aromatic heterocycles. The van der Waals surface area contributed by atoms with Crippen LogP contribution < -0.4 is 4.90 Å². The molecular weight excluding hydrogens is 410 g/mol. The molecule has 1 N–H and O–H groups in total. The van der Waals surface area contributed by atoms with Gasteiger partial charge in [0.05, 0.1) is 35.6 Å². The molecule has 160 valence electrons. The molecule has 0 radical (unpaired) electrons. The molecule has 2 atom stereocenters. The Kier molecular flexibility index (Phi) is 5.32. The van der Waals surface area contributed by atoms with Crippen LogP contribution in [0.15, 0.2) is 48.7 Å². The van der Waals surface area contributed by atoms with Gasteiger partial charge in [-0.25, -0.2) is 0 Å². The lowest BCUT2D eigenvalue weighted by atomic mass is 9.89. The maximum atomic E-state index is 13.6. The van der Waals surface area contributed by atoms with Gasteiger partial charge in [-0.15, -0.1) is 0 Å². The molecule has 1 fully saturated rings. The molecule has 0 spiro atoms. The highest BCUT2D eigenvalue weighted by atomic mass is 35.5. The van der Waals surface area contributed by atoms with E-state index in [9.17, 15) is 9.90 Å². The Hall–Kier alpha value is -2.63. The monoisotopic (exact) mass is 435 g/mol. The van der Waals surface area contributed by atoms with Crippen molar-refractivity contribution in [2.24, 2.45) is 0 Å². The van der Waals surface area contributed by atoms with Gasteiger partial charge in [-0.3, -0.25) is 9.78 Å². The van der Waals surface area contributed by atoms with Crippen molar-refractivity contribution < 1.29 is 9.90 Å². The molecule has 3 aromatic rings. The standard InChI is InChI=1S/C25H26ClN3O2/c1-28-15-29(21-6-2-3-7-22(21)30)25(31)20-14-17(13-16-8-10-18(26)11-9-16)19-5-4-12-27-23(19)24(20)28/h4-5,8-12,14,21-22,30H,2-3,6-7,13,15H2,1H3/t21-,22-/m0/s1. The van der Waals surface area contributed by atoms with Crippen LogP contribution in [0.4, 0.5) is 5.69 Å². The number of carbonyl (C=O) groups excluding carboxylic acids is 1. The van der Waals surface area contributed by atoms with E-state index in [1.807, 2.05) is 48.3 Å². The minimum absolute atomic E-state index is 0.0102. The van der Waals surface area contributed by atoms with E-state index in [0.717, 1.165) is 53.4 Å². The maximum absolute atomic E-state index is 13.6. The lowest BCUT2D eigenvalue weighted by Gasteiger charge is -2.43. The molecule has 0 unspecified atom stereocenters.